The summed E-state index contributed by atoms with van der Waals surface area (Å²) in [6, 6.07) is 33.7. The van der Waals surface area contributed by atoms with Gasteiger partial charge in [-0.25, -0.2) is 14.4 Å². The van der Waals surface area contributed by atoms with Crippen molar-refractivity contribution in [3.63, 3.8) is 0 Å². The van der Waals surface area contributed by atoms with Crippen LogP contribution in [0.3, 0.4) is 0 Å². The number of esters is 1. The van der Waals surface area contributed by atoms with Gasteiger partial charge in [-0.05, 0) is 64.7 Å². The van der Waals surface area contributed by atoms with Crippen LogP contribution in [0, 0.1) is 17.8 Å². The van der Waals surface area contributed by atoms with Crippen LogP contribution in [0.15, 0.2) is 127 Å². The summed E-state index contributed by atoms with van der Waals surface area (Å²) in [5, 5.41) is 29.7. The Kier molecular flexibility index (Phi) is 11.2. The van der Waals surface area contributed by atoms with Gasteiger partial charge in [0.25, 0.3) is 0 Å². The number of aliphatic hydroxyl groups excluding tert-OH is 1. The van der Waals surface area contributed by atoms with Crippen molar-refractivity contribution in [3.05, 3.63) is 155 Å². The molecule has 9 rings (SSSR count). The molecular weight excluding hydrogens is 807 g/mol. The van der Waals surface area contributed by atoms with Crippen molar-refractivity contribution in [1.29, 1.82) is 0 Å². The molecule has 5 aromatic carbocycles. The summed E-state index contributed by atoms with van der Waals surface area (Å²) in [6.07, 6.45) is -2.02. The molecule has 0 saturated carbocycles. The number of aromatic nitrogens is 3. The second kappa shape index (κ2) is 17.2. The first-order chi connectivity index (χ1) is 30.8. The van der Waals surface area contributed by atoms with Gasteiger partial charge < -0.3 is 29.2 Å². The number of morpholine rings is 1. The summed E-state index contributed by atoms with van der Waals surface area (Å²) in [5.74, 6) is 1.54. The summed E-state index contributed by atoms with van der Waals surface area (Å²) in [4.78, 5) is 61.8. The third kappa shape index (κ3) is 7.04. The number of carbonyl (C=O) groups is 4. The molecule has 2 amide bonds. The van der Waals surface area contributed by atoms with Gasteiger partial charge in [-0.15, -0.1) is 5.10 Å². The topological polar surface area (TPSA) is 183 Å². The number of carbonyl (C=O) groups excluding carboxylic acids is 3. The highest BCUT2D eigenvalue weighted by Crippen LogP contribution is 2.66. The zero-order valence-electron chi connectivity index (χ0n) is 33.9. The molecule has 1 spiro atoms. The first-order valence-corrected chi connectivity index (χ1v) is 20.3. The maximum absolute atomic E-state index is 15.9. The molecule has 3 aliphatic rings. The summed E-state index contributed by atoms with van der Waals surface area (Å²) in [7, 11) is 1.44. The fourth-order valence-electron chi connectivity index (χ4n) is 9.41. The van der Waals surface area contributed by atoms with Crippen LogP contribution < -0.4 is 9.64 Å². The van der Waals surface area contributed by atoms with Crippen molar-refractivity contribution in [2.45, 2.75) is 36.2 Å². The van der Waals surface area contributed by atoms with Gasteiger partial charge in [-0.3, -0.25) is 19.3 Å². The number of amides is 2. The van der Waals surface area contributed by atoms with Crippen LogP contribution in [0.2, 0.25) is 0 Å². The number of anilines is 1. The van der Waals surface area contributed by atoms with Gasteiger partial charge in [0.2, 0.25) is 5.91 Å². The molecule has 15 heteroatoms. The molecule has 63 heavy (non-hydrogen) atoms. The molecular formula is C48H41N5O10. The van der Waals surface area contributed by atoms with E-state index in [4.69, 9.17) is 18.9 Å². The Bertz CT molecular complexity index is 2770. The van der Waals surface area contributed by atoms with Gasteiger partial charge >= 0.3 is 18.0 Å². The smallest absolute Gasteiger partial charge is 0.421 e. The van der Waals surface area contributed by atoms with E-state index in [2.05, 4.69) is 22.2 Å². The van der Waals surface area contributed by atoms with Crippen molar-refractivity contribution < 1.29 is 48.3 Å². The number of aliphatic carboxylic acids is 1. The predicted molar refractivity (Wildman–Crippen MR) is 226 cm³/mol. The lowest BCUT2D eigenvalue weighted by Gasteiger charge is -2.46. The highest BCUT2D eigenvalue weighted by atomic mass is 16.6. The van der Waals surface area contributed by atoms with E-state index in [1.54, 1.807) is 52.0 Å². The highest BCUT2D eigenvalue weighted by Gasteiger charge is 2.76. The van der Waals surface area contributed by atoms with Crippen LogP contribution >= 0.6 is 0 Å². The first-order valence-electron chi connectivity index (χ1n) is 20.3. The standard InChI is InChI=1S/C48H41N5O10/c1-60-26-27-62-47(59)52-37-22-21-30(12-11-23-51-38-20-9-8-19-36(38)49-50-51)28-35(37)48(46(52)58)39(44(55)56)41-45(57)63-42(32-15-6-3-7-16-32)40(31-13-4-2-5-14-31)53(41)43(48)33-17-10-18-34(29-33)61-25-24-54/h2-10,13-22,28-29,39-43,54H,23-27H2,1H3,(H,55,56)/t39-,40-,41-,42+,43+,48-/m1/s1. The normalized spacial score (nSPS) is 22.6. The summed E-state index contributed by atoms with van der Waals surface area (Å²) < 4.78 is 24.6. The lowest BCUT2D eigenvalue weighted by molar-refractivity contribution is -0.179. The highest BCUT2D eigenvalue weighted by molar-refractivity contribution is 6.23. The zero-order valence-corrected chi connectivity index (χ0v) is 33.9. The molecule has 6 aromatic rings. The van der Waals surface area contributed by atoms with Crippen molar-refractivity contribution in [3.8, 4) is 17.6 Å². The van der Waals surface area contributed by atoms with E-state index in [9.17, 15) is 24.6 Å². The molecule has 1 aromatic heterocycles. The first kappa shape index (κ1) is 41.0. The van der Waals surface area contributed by atoms with E-state index < -0.39 is 59.5 Å². The number of fused-ring (bicyclic) bond motifs is 4. The van der Waals surface area contributed by atoms with Gasteiger partial charge in [-0.1, -0.05) is 102 Å². The molecule has 6 atom stereocenters. The van der Waals surface area contributed by atoms with Crippen LogP contribution in [-0.2, 0) is 40.6 Å². The van der Waals surface area contributed by atoms with Crippen molar-refractivity contribution in [2.75, 3.05) is 38.4 Å². The molecule has 0 aliphatic carbocycles. The average Bonchev–Trinajstić information content (AvgIpc) is 3.95. The SMILES string of the molecule is COCCOC(=O)N1C(=O)[C@@]2(c3cc(C#CCn4nnc5ccccc54)ccc31)[C@H](c1cccc(OCCO)c1)N1[C@H](c3ccccc3)[C@H](c3ccccc3)OC(=O)[C@H]1[C@@H]2C(=O)O. The van der Waals surface area contributed by atoms with Gasteiger partial charge in [0.05, 0.1) is 36.5 Å². The number of methoxy groups -OCH3 is 1. The lowest BCUT2D eigenvalue weighted by atomic mass is 9.65. The number of hydrogen-bond donors (Lipinski definition) is 2. The molecule has 2 saturated heterocycles. The van der Waals surface area contributed by atoms with Crippen LogP contribution in [0.4, 0.5) is 10.5 Å². The van der Waals surface area contributed by atoms with Crippen LogP contribution in [0.25, 0.3) is 11.0 Å². The van der Waals surface area contributed by atoms with E-state index in [-0.39, 0.29) is 44.2 Å². The number of imide groups is 1. The molecule has 0 radical (unpaired) electrons. The monoisotopic (exact) mass is 847 g/mol. The number of para-hydroxylation sites is 1. The minimum absolute atomic E-state index is 0.0314. The minimum Gasteiger partial charge on any atom is -0.491 e. The van der Waals surface area contributed by atoms with Gasteiger partial charge in [0.15, 0.2) is 0 Å². The zero-order chi connectivity index (χ0) is 43.7. The quantitative estimate of drug-likeness (QED) is 0.0964. The van der Waals surface area contributed by atoms with E-state index >= 15 is 4.79 Å². The van der Waals surface area contributed by atoms with Gasteiger partial charge in [0, 0.05) is 12.7 Å². The Hall–Kier alpha value is -7.38. The van der Waals surface area contributed by atoms with Crippen molar-refractivity contribution in [1.82, 2.24) is 19.9 Å². The Balaban J connectivity index is 1.30. The van der Waals surface area contributed by atoms with Gasteiger partial charge in [-0.2, -0.15) is 0 Å². The molecule has 0 bridgehead atoms. The van der Waals surface area contributed by atoms with Crippen LogP contribution in [0.5, 0.6) is 5.75 Å². The predicted octanol–water partition coefficient (Wildman–Crippen LogP) is 5.39. The number of ether oxygens (including phenoxy) is 4. The maximum atomic E-state index is 15.9. The van der Waals surface area contributed by atoms with Crippen LogP contribution in [-0.4, -0.2) is 93.6 Å². The van der Waals surface area contributed by atoms with E-state index in [1.807, 2.05) is 84.9 Å². The summed E-state index contributed by atoms with van der Waals surface area (Å²) >= 11 is 0. The third-order valence-electron chi connectivity index (χ3n) is 11.8. The van der Waals surface area contributed by atoms with Crippen molar-refractivity contribution in [2.24, 2.45) is 5.92 Å². The Labute approximate surface area is 361 Å². The number of nitrogens with zero attached hydrogens (tertiary/aromatic N) is 5. The molecule has 318 valence electrons. The summed E-state index contributed by atoms with van der Waals surface area (Å²) in [6.45, 7) is -0.344. The molecule has 2 N–H and O–H groups in total. The van der Waals surface area contributed by atoms with Gasteiger partial charge in [0.1, 0.15) is 54.5 Å². The molecule has 4 heterocycles. The van der Waals surface area contributed by atoms with E-state index in [0.717, 1.165) is 10.4 Å². The lowest BCUT2D eigenvalue weighted by Crippen LogP contribution is -2.53. The molecule has 0 unspecified atom stereocenters. The van der Waals surface area contributed by atoms with E-state index in [1.165, 1.54) is 7.11 Å². The number of carboxylic acids is 1. The molecule has 2 fully saturated rings. The molecule has 15 nitrogen and oxygen atoms in total. The maximum Gasteiger partial charge on any atom is 0.421 e. The Morgan fingerprint density at radius 2 is 1.56 bits per heavy atom. The van der Waals surface area contributed by atoms with E-state index in [0.29, 0.717) is 33.5 Å². The number of cyclic esters (lactones) is 1. The van der Waals surface area contributed by atoms with Crippen molar-refractivity contribution >= 4 is 40.7 Å². The Morgan fingerprint density at radius 1 is 0.825 bits per heavy atom. The second-order valence-corrected chi connectivity index (χ2v) is 15.3. The number of hydrogen-bond acceptors (Lipinski definition) is 12. The van der Waals surface area contributed by atoms with Crippen LogP contribution in [0.1, 0.15) is 46.0 Å². The minimum atomic E-state index is -2.20. The summed E-state index contributed by atoms with van der Waals surface area (Å²) in [5.41, 5.74) is 1.64. The third-order valence-corrected chi connectivity index (χ3v) is 11.8. The second-order valence-electron chi connectivity index (χ2n) is 15.3. The largest absolute Gasteiger partial charge is 0.491 e. The number of carboxylic acid groups (broad SMARTS) is 1. The number of aliphatic hydroxyl groups is 1. The molecule has 3 aliphatic heterocycles. The average molecular weight is 848 g/mol. The Morgan fingerprint density at radius 3 is 2.30 bits per heavy atom. The fourth-order valence-corrected chi connectivity index (χ4v) is 9.41. The number of rotatable bonds is 11. The number of benzene rings is 5. The fraction of sp³-hybridized carbons (Fsp3) is 0.250.